The molecule has 0 radical (unpaired) electrons. The van der Waals surface area contributed by atoms with Gasteiger partial charge in [0.1, 0.15) is 0 Å². The Kier molecular flexibility index (Phi) is 2.67. The lowest BCUT2D eigenvalue weighted by Gasteiger charge is -1.71. The highest BCUT2D eigenvalue weighted by molar-refractivity contribution is 5.46. The molecule has 0 aromatic heterocycles. The van der Waals surface area contributed by atoms with Crippen molar-refractivity contribution in [2.24, 2.45) is 4.99 Å². The Morgan fingerprint density at radius 2 is 2.57 bits per heavy atom. The fourth-order valence-corrected chi connectivity index (χ4v) is 0.165. The molecule has 0 amide bonds. The van der Waals surface area contributed by atoms with Crippen molar-refractivity contribution in [1.29, 1.82) is 0 Å². The van der Waals surface area contributed by atoms with Gasteiger partial charge in [0, 0.05) is 6.92 Å². The van der Waals surface area contributed by atoms with Gasteiger partial charge in [0.2, 0.25) is 0 Å². The van der Waals surface area contributed by atoms with Crippen LogP contribution in [-0.4, -0.2) is 12.0 Å². The summed E-state index contributed by atoms with van der Waals surface area (Å²) in [6.45, 7) is 9.81. The molecule has 2 heteroatoms. The maximum absolute atomic E-state index is 4.82. The van der Waals surface area contributed by atoms with E-state index >= 15 is 0 Å². The molecule has 0 spiro atoms. The van der Waals surface area contributed by atoms with Gasteiger partial charge in [-0.15, -0.1) is 0 Å². The number of hydrogen-bond donors (Lipinski definition) is 0. The molecule has 0 aliphatic heterocycles. The molecule has 1 unspecified atom stereocenters. The van der Waals surface area contributed by atoms with Crippen molar-refractivity contribution in [2.45, 2.75) is 13.1 Å². The Morgan fingerprint density at radius 3 is 2.71 bits per heavy atom. The molecule has 2 nitrogen and oxygen atoms in total. The summed E-state index contributed by atoms with van der Waals surface area (Å²) in [6.07, 6.45) is -0.197. The summed E-state index contributed by atoms with van der Waals surface area (Å²) in [7, 11) is 0. The topological polar surface area (TPSA) is 16.7 Å². The molecule has 0 heterocycles. The molecule has 0 saturated carbocycles. The van der Waals surface area contributed by atoms with E-state index in [0.717, 1.165) is 0 Å². The van der Waals surface area contributed by atoms with Crippen molar-refractivity contribution < 1.29 is 0 Å². The van der Waals surface area contributed by atoms with Crippen LogP contribution in [0.4, 0.5) is 0 Å². The lowest BCUT2D eigenvalue weighted by atomic mass is 10.6. The molecule has 0 bridgehead atoms. The van der Waals surface area contributed by atoms with Gasteiger partial charge in [0.25, 0.3) is 6.57 Å². The third-order valence-corrected chi connectivity index (χ3v) is 0.494. The summed E-state index contributed by atoms with van der Waals surface area (Å²) >= 11 is 0. The zero-order valence-electron chi connectivity index (χ0n) is 4.26. The third kappa shape index (κ3) is 2.75. The zero-order chi connectivity index (χ0) is 5.70. The molecule has 7 heavy (non-hydrogen) atoms. The maximum Gasteiger partial charge on any atom is 0.368 e. The molecule has 0 aliphatic rings. The van der Waals surface area contributed by atoms with E-state index < -0.39 is 0 Å². The Balaban J connectivity index is 3.64. The standard InChI is InChI=1S/C5H7N2/c1-4-7-5(2)6-3/h3,5H,1H2,2H3/q+1. The summed E-state index contributed by atoms with van der Waals surface area (Å²) in [5, 5.41) is 0. The van der Waals surface area contributed by atoms with Gasteiger partial charge >= 0.3 is 6.17 Å². The van der Waals surface area contributed by atoms with E-state index in [1.165, 1.54) is 0 Å². The summed E-state index contributed by atoms with van der Waals surface area (Å²) < 4.78 is 0. The van der Waals surface area contributed by atoms with Crippen molar-refractivity contribution >= 4 is 5.87 Å². The minimum atomic E-state index is -0.197. The smallest absolute Gasteiger partial charge is 0.158 e. The van der Waals surface area contributed by atoms with E-state index in [4.69, 9.17) is 6.57 Å². The van der Waals surface area contributed by atoms with Gasteiger partial charge in [-0.25, -0.2) is 0 Å². The molecule has 0 N–H and O–H groups in total. The molecule has 1 atom stereocenters. The van der Waals surface area contributed by atoms with Crippen molar-refractivity contribution in [3.63, 3.8) is 0 Å². The summed E-state index contributed by atoms with van der Waals surface area (Å²) in [6, 6.07) is 0. The highest BCUT2D eigenvalue weighted by atomic mass is 14.9. The minimum Gasteiger partial charge on any atom is -0.158 e. The predicted molar refractivity (Wildman–Crippen MR) is 30.8 cm³/mol. The Labute approximate surface area is 43.0 Å². The summed E-state index contributed by atoms with van der Waals surface area (Å²) in [5.74, 6) is 2.32. The molecule has 0 rings (SSSR count). The van der Waals surface area contributed by atoms with Crippen molar-refractivity contribution in [3.05, 3.63) is 11.4 Å². The van der Waals surface area contributed by atoms with Gasteiger partial charge in [0.05, 0.1) is 0 Å². The molecule has 0 saturated heterocycles. The second-order valence-corrected chi connectivity index (χ2v) is 1.07. The van der Waals surface area contributed by atoms with Crippen LogP contribution in [0.5, 0.6) is 0 Å². The van der Waals surface area contributed by atoms with Gasteiger partial charge in [-0.2, -0.15) is 4.99 Å². The van der Waals surface area contributed by atoms with Crippen LogP contribution in [0, 0.1) is 6.57 Å². The number of rotatable bonds is 1. The average molecular weight is 95.1 g/mol. The quantitative estimate of drug-likeness (QED) is 0.434. The monoisotopic (exact) mass is 95.1 g/mol. The van der Waals surface area contributed by atoms with Gasteiger partial charge < -0.3 is 0 Å². The van der Waals surface area contributed by atoms with Crippen molar-refractivity contribution in [1.82, 2.24) is 0 Å². The SMILES string of the molecule is C#[N+]C(C)N=C=C. The van der Waals surface area contributed by atoms with Crippen LogP contribution < -0.4 is 0 Å². The highest BCUT2D eigenvalue weighted by Crippen LogP contribution is 1.84. The van der Waals surface area contributed by atoms with Crippen molar-refractivity contribution in [3.8, 4) is 6.57 Å². The fraction of sp³-hybridized carbons (Fsp3) is 0.400. The van der Waals surface area contributed by atoms with Gasteiger partial charge in [0.15, 0.2) is 0 Å². The average Bonchev–Trinajstić information content (AvgIpc) is 1.68. The van der Waals surface area contributed by atoms with E-state index in [0.29, 0.717) is 0 Å². The second kappa shape index (κ2) is 3.14. The second-order valence-electron chi connectivity index (χ2n) is 1.07. The number of nitrogens with zero attached hydrogens (tertiary/aromatic N) is 2. The number of aliphatic imine (C=N–C) groups is 1. The van der Waals surface area contributed by atoms with Gasteiger partial charge in [-0.05, 0) is 12.4 Å². The lowest BCUT2D eigenvalue weighted by Crippen LogP contribution is -1.83. The van der Waals surface area contributed by atoms with E-state index in [1.807, 2.05) is 0 Å². The molecular weight excluding hydrogens is 88.1 g/mol. The Hall–Kier alpha value is -1.06. The first-order chi connectivity index (χ1) is 3.31. The van der Waals surface area contributed by atoms with E-state index in [1.54, 1.807) is 6.92 Å². The molecule has 0 aromatic carbocycles. The molecule has 36 valence electrons. The van der Waals surface area contributed by atoms with Crippen LogP contribution in [0.3, 0.4) is 0 Å². The van der Waals surface area contributed by atoms with Crippen LogP contribution in [0.15, 0.2) is 11.6 Å². The first-order valence-electron chi connectivity index (χ1n) is 1.93. The minimum absolute atomic E-state index is 0.197. The normalized spacial score (nSPS) is 10.9. The van der Waals surface area contributed by atoms with Crippen LogP contribution >= 0.6 is 0 Å². The zero-order valence-corrected chi connectivity index (χ0v) is 4.26. The van der Waals surface area contributed by atoms with E-state index in [2.05, 4.69) is 22.3 Å². The van der Waals surface area contributed by atoms with Gasteiger partial charge in [-0.1, -0.05) is 4.85 Å². The van der Waals surface area contributed by atoms with Crippen molar-refractivity contribution in [2.75, 3.05) is 0 Å². The maximum atomic E-state index is 4.82. The van der Waals surface area contributed by atoms with Crippen LogP contribution in [0.2, 0.25) is 0 Å². The Bertz CT molecular complexity index is 126. The predicted octanol–water partition coefficient (Wildman–Crippen LogP) is 1.15. The van der Waals surface area contributed by atoms with Crippen LogP contribution in [0.25, 0.3) is 4.85 Å². The molecule has 0 aliphatic carbocycles. The summed E-state index contributed by atoms with van der Waals surface area (Å²) in [4.78, 5) is 6.90. The van der Waals surface area contributed by atoms with Crippen LogP contribution in [-0.2, 0) is 0 Å². The fourth-order valence-electron chi connectivity index (χ4n) is 0.165. The molecular formula is C5H7N2+. The first kappa shape index (κ1) is 5.94. The first-order valence-corrected chi connectivity index (χ1v) is 1.93. The molecule has 0 aromatic rings. The third-order valence-electron chi connectivity index (χ3n) is 0.494. The molecule has 0 fully saturated rings. The number of hydrogen-bond acceptors (Lipinski definition) is 1. The van der Waals surface area contributed by atoms with E-state index in [-0.39, 0.29) is 6.17 Å². The Morgan fingerprint density at radius 1 is 2.00 bits per heavy atom. The van der Waals surface area contributed by atoms with E-state index in [9.17, 15) is 0 Å². The highest BCUT2D eigenvalue weighted by Gasteiger charge is 1.97. The van der Waals surface area contributed by atoms with Crippen LogP contribution in [0.1, 0.15) is 6.92 Å². The lowest BCUT2D eigenvalue weighted by molar-refractivity contribution is 0.932. The van der Waals surface area contributed by atoms with Gasteiger partial charge in [-0.3, -0.25) is 0 Å². The summed E-state index contributed by atoms with van der Waals surface area (Å²) in [5.41, 5.74) is 0. The largest absolute Gasteiger partial charge is 0.368 e.